The van der Waals surface area contributed by atoms with Crippen LogP contribution in [0.15, 0.2) is 29.3 Å². The van der Waals surface area contributed by atoms with Crippen LogP contribution in [-0.4, -0.2) is 22.7 Å². The Morgan fingerprint density at radius 3 is 2.67 bits per heavy atom. The van der Waals surface area contributed by atoms with Crippen LogP contribution in [0.5, 0.6) is 0 Å². The molecule has 0 saturated carbocycles. The lowest BCUT2D eigenvalue weighted by Crippen LogP contribution is -2.22. The van der Waals surface area contributed by atoms with Crippen LogP contribution < -0.4 is 11.1 Å². The number of rotatable bonds is 5. The summed E-state index contributed by atoms with van der Waals surface area (Å²) in [5, 5.41) is 10.8. The Bertz CT molecular complexity index is 687. The molecule has 0 fully saturated rings. The van der Waals surface area contributed by atoms with Crippen molar-refractivity contribution < 1.29 is 13.2 Å². The first-order valence-corrected chi connectivity index (χ1v) is 7.80. The zero-order valence-electron chi connectivity index (χ0n) is 12.8. The van der Waals surface area contributed by atoms with Gasteiger partial charge < -0.3 is 11.1 Å². The second-order valence-electron chi connectivity index (χ2n) is 4.70. The van der Waals surface area contributed by atoms with Crippen LogP contribution in [0.1, 0.15) is 25.3 Å². The number of guanidine groups is 1. The molecule has 0 aliphatic rings. The summed E-state index contributed by atoms with van der Waals surface area (Å²) in [5.74, 6) is 0.172. The third-order valence-electron chi connectivity index (χ3n) is 2.92. The zero-order chi connectivity index (χ0) is 16.9. The van der Waals surface area contributed by atoms with Crippen molar-refractivity contribution in [3.8, 4) is 10.6 Å². The number of alkyl halides is 3. The molecule has 2 rings (SSSR count). The Morgan fingerprint density at radius 2 is 2.00 bits per heavy atom. The average molecular weight is 380 g/mol. The highest BCUT2D eigenvalue weighted by Gasteiger charge is 2.34. The molecule has 0 radical (unpaired) electrons. The molecule has 0 aliphatic heterocycles. The lowest BCUT2D eigenvalue weighted by atomic mass is 10.1. The standard InChI is InChI=1S/C14H16F3N5S.ClH/c1-2-3-8-19-12(18)20-13-22-21-11(23-13)9-6-4-5-7-10(9)14(15,16)17;/h4-7H,2-3,8H2,1H3,(H3,18,19,20,22);1H. The zero-order valence-corrected chi connectivity index (χ0v) is 14.4. The Hall–Kier alpha value is -1.87. The fraction of sp³-hybridized carbons (Fsp3) is 0.357. The minimum atomic E-state index is -4.45. The summed E-state index contributed by atoms with van der Waals surface area (Å²) in [4.78, 5) is 4.09. The first-order valence-electron chi connectivity index (χ1n) is 6.99. The largest absolute Gasteiger partial charge is 0.417 e. The maximum absolute atomic E-state index is 13.0. The summed E-state index contributed by atoms with van der Waals surface area (Å²) in [5.41, 5.74) is 4.94. The number of nitrogens with zero attached hydrogens (tertiary/aromatic N) is 3. The van der Waals surface area contributed by atoms with Crippen molar-refractivity contribution in [3.05, 3.63) is 29.8 Å². The molecule has 24 heavy (non-hydrogen) atoms. The van der Waals surface area contributed by atoms with Crippen LogP contribution in [0.2, 0.25) is 0 Å². The van der Waals surface area contributed by atoms with Gasteiger partial charge in [-0.15, -0.1) is 22.6 Å². The van der Waals surface area contributed by atoms with Crippen LogP contribution in [0.3, 0.4) is 0 Å². The van der Waals surface area contributed by atoms with Gasteiger partial charge in [-0.1, -0.05) is 42.9 Å². The molecule has 0 unspecified atom stereocenters. The quantitative estimate of drug-likeness (QED) is 0.464. The Kier molecular flexibility index (Phi) is 7.43. The predicted molar refractivity (Wildman–Crippen MR) is 92.6 cm³/mol. The smallest absolute Gasteiger partial charge is 0.370 e. The van der Waals surface area contributed by atoms with Crippen LogP contribution >= 0.6 is 23.7 Å². The number of unbranched alkanes of at least 4 members (excludes halogenated alkanes) is 1. The fourth-order valence-corrected chi connectivity index (χ4v) is 2.60. The van der Waals surface area contributed by atoms with Crippen LogP contribution in [-0.2, 0) is 6.18 Å². The van der Waals surface area contributed by atoms with Gasteiger partial charge in [-0.25, -0.2) is 0 Å². The van der Waals surface area contributed by atoms with Crippen molar-refractivity contribution in [3.63, 3.8) is 0 Å². The molecule has 2 aromatic rings. The number of anilines is 1. The lowest BCUT2D eigenvalue weighted by molar-refractivity contribution is -0.137. The van der Waals surface area contributed by atoms with Gasteiger partial charge in [0.15, 0.2) is 5.96 Å². The molecule has 132 valence electrons. The van der Waals surface area contributed by atoms with Crippen molar-refractivity contribution in [1.29, 1.82) is 0 Å². The van der Waals surface area contributed by atoms with Gasteiger partial charge in [0, 0.05) is 12.1 Å². The molecular weight excluding hydrogens is 363 g/mol. The Labute approximate surface area is 147 Å². The van der Waals surface area contributed by atoms with Gasteiger partial charge in [0.1, 0.15) is 5.01 Å². The maximum Gasteiger partial charge on any atom is 0.417 e. The van der Waals surface area contributed by atoms with E-state index in [1.165, 1.54) is 18.2 Å². The molecule has 0 aliphatic carbocycles. The van der Waals surface area contributed by atoms with Crippen LogP contribution in [0, 0.1) is 0 Å². The highest BCUT2D eigenvalue weighted by molar-refractivity contribution is 7.18. The summed E-state index contributed by atoms with van der Waals surface area (Å²) in [7, 11) is 0. The molecule has 1 heterocycles. The predicted octanol–water partition coefficient (Wildman–Crippen LogP) is 4.17. The molecule has 0 saturated heterocycles. The molecule has 5 nitrogen and oxygen atoms in total. The fourth-order valence-electron chi connectivity index (χ4n) is 1.81. The number of hydrogen-bond acceptors (Lipinski definition) is 4. The number of aromatic nitrogens is 2. The Morgan fingerprint density at radius 1 is 1.29 bits per heavy atom. The van der Waals surface area contributed by atoms with E-state index < -0.39 is 11.7 Å². The van der Waals surface area contributed by atoms with Crippen LogP contribution in [0.4, 0.5) is 18.3 Å². The minimum Gasteiger partial charge on any atom is -0.370 e. The Balaban J connectivity index is 0.00000288. The number of aliphatic imine (C=N–C) groups is 1. The van der Waals surface area contributed by atoms with Crippen LogP contribution in [0.25, 0.3) is 10.6 Å². The molecular formula is C14H17ClF3N5S. The normalized spacial score (nSPS) is 11.9. The molecule has 3 N–H and O–H groups in total. The number of halogens is 4. The summed E-state index contributed by atoms with van der Waals surface area (Å²) in [6, 6.07) is 5.25. The monoisotopic (exact) mass is 379 g/mol. The molecule has 0 spiro atoms. The molecule has 1 aromatic heterocycles. The highest BCUT2D eigenvalue weighted by atomic mass is 35.5. The first-order chi connectivity index (χ1) is 10.9. The number of hydrogen-bond donors (Lipinski definition) is 2. The van der Waals surface area contributed by atoms with E-state index in [-0.39, 0.29) is 28.9 Å². The van der Waals surface area contributed by atoms with Gasteiger partial charge in [0.25, 0.3) is 0 Å². The van der Waals surface area contributed by atoms with E-state index >= 15 is 0 Å². The molecule has 10 heteroatoms. The van der Waals surface area contributed by atoms with E-state index in [1.54, 1.807) is 0 Å². The molecule has 0 atom stereocenters. The lowest BCUT2D eigenvalue weighted by Gasteiger charge is -2.09. The van der Waals surface area contributed by atoms with E-state index in [9.17, 15) is 13.2 Å². The summed E-state index contributed by atoms with van der Waals surface area (Å²) < 4.78 is 39.1. The van der Waals surface area contributed by atoms with Crippen molar-refractivity contribution in [1.82, 2.24) is 10.2 Å². The number of benzene rings is 1. The minimum absolute atomic E-state index is 0. The van der Waals surface area contributed by atoms with Gasteiger partial charge in [-0.3, -0.25) is 4.99 Å². The topological polar surface area (TPSA) is 76.2 Å². The van der Waals surface area contributed by atoms with Crippen molar-refractivity contribution in [2.24, 2.45) is 10.7 Å². The third-order valence-corrected chi connectivity index (χ3v) is 3.79. The number of nitrogens with one attached hydrogen (secondary N) is 1. The third kappa shape index (κ3) is 5.34. The molecule has 0 amide bonds. The summed E-state index contributed by atoms with van der Waals surface area (Å²) in [6.45, 7) is 2.62. The van der Waals surface area contributed by atoms with Crippen molar-refractivity contribution >= 4 is 34.8 Å². The molecule has 0 bridgehead atoms. The summed E-state index contributed by atoms with van der Waals surface area (Å²) >= 11 is 0.990. The van der Waals surface area contributed by atoms with E-state index in [1.807, 2.05) is 6.92 Å². The van der Waals surface area contributed by atoms with Gasteiger partial charge >= 0.3 is 6.18 Å². The SMILES string of the molecule is CCCCN=C(N)Nc1nnc(-c2ccccc2C(F)(F)F)s1.Cl. The van der Waals surface area contributed by atoms with Crippen molar-refractivity contribution in [2.45, 2.75) is 25.9 Å². The highest BCUT2D eigenvalue weighted by Crippen LogP contribution is 2.38. The van der Waals surface area contributed by atoms with Crippen molar-refractivity contribution in [2.75, 3.05) is 11.9 Å². The van der Waals surface area contributed by atoms with Gasteiger partial charge in [0.05, 0.1) is 5.56 Å². The maximum atomic E-state index is 13.0. The number of nitrogens with two attached hydrogens (primary N) is 1. The molecule has 1 aromatic carbocycles. The van der Waals surface area contributed by atoms with Gasteiger partial charge in [-0.2, -0.15) is 13.2 Å². The van der Waals surface area contributed by atoms with E-state index in [2.05, 4.69) is 20.5 Å². The second kappa shape index (κ2) is 8.84. The first kappa shape index (κ1) is 20.2. The second-order valence-corrected chi connectivity index (χ2v) is 5.68. The van der Waals surface area contributed by atoms with Gasteiger partial charge in [-0.05, 0) is 12.5 Å². The van der Waals surface area contributed by atoms with E-state index in [4.69, 9.17) is 5.73 Å². The summed E-state index contributed by atoms with van der Waals surface area (Å²) in [6.07, 6.45) is -2.55. The average Bonchev–Trinajstić information content (AvgIpc) is 2.95. The van der Waals surface area contributed by atoms with E-state index in [0.717, 1.165) is 30.2 Å². The van der Waals surface area contributed by atoms with Gasteiger partial charge in [0.2, 0.25) is 5.13 Å². The van der Waals surface area contributed by atoms with E-state index in [0.29, 0.717) is 11.7 Å².